The van der Waals surface area contributed by atoms with Crippen LogP contribution in [-0.2, 0) is 0 Å². The van der Waals surface area contributed by atoms with Gasteiger partial charge in [-0.1, -0.05) is 11.6 Å². The number of nitrogens with one attached hydrogen (secondary N) is 1. The molecule has 0 aliphatic heterocycles. The first-order valence-electron chi connectivity index (χ1n) is 8.63. The number of hydrogen-bond acceptors (Lipinski definition) is 9. The summed E-state index contributed by atoms with van der Waals surface area (Å²) in [5.74, 6) is 0. The molecule has 0 fully saturated rings. The SMILES string of the molecule is C[C@H](O)CN(CCNc1ccc([N+](=O)[O-])cc1Cl)c1ccc([N+](=O)[O-])cc1[N+](=O)[O-]. The lowest BCUT2D eigenvalue weighted by Gasteiger charge is -2.26. The first-order valence-corrected chi connectivity index (χ1v) is 9.01. The summed E-state index contributed by atoms with van der Waals surface area (Å²) in [5.41, 5.74) is -0.500. The number of non-ortho nitro benzene ring substituents is 2. The number of nitro groups is 3. The zero-order valence-electron chi connectivity index (χ0n) is 15.7. The Balaban J connectivity index is 2.22. The first-order chi connectivity index (χ1) is 14.1. The van der Waals surface area contributed by atoms with Gasteiger partial charge in [0.05, 0.1) is 37.7 Å². The number of anilines is 2. The second kappa shape index (κ2) is 9.80. The summed E-state index contributed by atoms with van der Waals surface area (Å²) in [6.45, 7) is 1.94. The van der Waals surface area contributed by atoms with Crippen molar-refractivity contribution in [2.24, 2.45) is 0 Å². The van der Waals surface area contributed by atoms with E-state index in [0.29, 0.717) is 5.69 Å². The molecular weight excluding hydrogens is 422 g/mol. The van der Waals surface area contributed by atoms with E-state index >= 15 is 0 Å². The summed E-state index contributed by atoms with van der Waals surface area (Å²) in [4.78, 5) is 32.6. The van der Waals surface area contributed by atoms with Gasteiger partial charge < -0.3 is 15.3 Å². The molecule has 0 aliphatic rings. The smallest absolute Gasteiger partial charge is 0.299 e. The Bertz CT molecular complexity index is 970. The predicted molar refractivity (Wildman–Crippen MR) is 110 cm³/mol. The Morgan fingerprint density at radius 2 is 1.63 bits per heavy atom. The fourth-order valence-electron chi connectivity index (χ4n) is 2.75. The van der Waals surface area contributed by atoms with Gasteiger partial charge in [-0.05, 0) is 19.1 Å². The van der Waals surface area contributed by atoms with Crippen LogP contribution in [0.5, 0.6) is 0 Å². The quantitative estimate of drug-likeness (QED) is 0.416. The molecule has 0 radical (unpaired) electrons. The van der Waals surface area contributed by atoms with Crippen molar-refractivity contribution in [2.45, 2.75) is 13.0 Å². The average Bonchev–Trinajstić information content (AvgIpc) is 2.67. The average molecular weight is 440 g/mol. The molecule has 2 aromatic rings. The standard InChI is InChI=1S/C17H18ClN5O7/c1-11(24)10-20(16-5-3-13(22(27)28)9-17(16)23(29)30)7-6-19-15-4-2-12(21(25)26)8-14(15)18/h2-5,8-9,11,19,24H,6-7,10H2,1H3/t11-/m0/s1. The van der Waals surface area contributed by atoms with Gasteiger partial charge >= 0.3 is 0 Å². The molecule has 12 nitrogen and oxygen atoms in total. The van der Waals surface area contributed by atoms with Gasteiger partial charge in [0, 0.05) is 37.8 Å². The summed E-state index contributed by atoms with van der Waals surface area (Å²) in [7, 11) is 0. The Hall–Kier alpha value is -3.51. The van der Waals surface area contributed by atoms with E-state index in [1.807, 2.05) is 0 Å². The zero-order chi connectivity index (χ0) is 22.4. The number of nitro benzene ring substituents is 3. The highest BCUT2D eigenvalue weighted by molar-refractivity contribution is 6.33. The lowest BCUT2D eigenvalue weighted by Crippen LogP contribution is -2.35. The van der Waals surface area contributed by atoms with Gasteiger partial charge in [-0.2, -0.15) is 0 Å². The minimum Gasteiger partial charge on any atom is -0.392 e. The van der Waals surface area contributed by atoms with Crippen LogP contribution in [0.1, 0.15) is 6.92 Å². The van der Waals surface area contributed by atoms with Crippen LogP contribution in [0.2, 0.25) is 5.02 Å². The summed E-state index contributed by atoms with van der Waals surface area (Å²) in [6, 6.07) is 7.19. The van der Waals surface area contributed by atoms with E-state index < -0.39 is 32.2 Å². The second-order valence-corrected chi connectivity index (χ2v) is 6.74. The minimum absolute atomic E-state index is 0.0360. The molecule has 30 heavy (non-hydrogen) atoms. The van der Waals surface area contributed by atoms with Crippen molar-refractivity contribution in [1.29, 1.82) is 0 Å². The fraction of sp³-hybridized carbons (Fsp3) is 0.294. The van der Waals surface area contributed by atoms with Crippen molar-refractivity contribution in [3.63, 3.8) is 0 Å². The summed E-state index contributed by atoms with van der Waals surface area (Å²) < 4.78 is 0. The Labute approximate surface area is 175 Å². The van der Waals surface area contributed by atoms with Crippen molar-refractivity contribution < 1.29 is 19.9 Å². The van der Waals surface area contributed by atoms with Crippen LogP contribution in [0.4, 0.5) is 28.4 Å². The van der Waals surface area contributed by atoms with Crippen molar-refractivity contribution >= 4 is 40.0 Å². The molecule has 0 spiro atoms. The molecule has 0 saturated heterocycles. The summed E-state index contributed by atoms with van der Waals surface area (Å²) >= 11 is 6.03. The lowest BCUT2D eigenvalue weighted by atomic mass is 10.2. The van der Waals surface area contributed by atoms with E-state index in [1.165, 1.54) is 36.1 Å². The number of rotatable bonds is 10. The van der Waals surface area contributed by atoms with Crippen LogP contribution in [0.15, 0.2) is 36.4 Å². The van der Waals surface area contributed by atoms with Gasteiger partial charge in [0.1, 0.15) is 5.69 Å². The fourth-order valence-corrected chi connectivity index (χ4v) is 3.00. The third kappa shape index (κ3) is 5.75. The van der Waals surface area contributed by atoms with Crippen molar-refractivity contribution in [3.05, 3.63) is 71.8 Å². The molecule has 2 aromatic carbocycles. The van der Waals surface area contributed by atoms with Crippen LogP contribution in [-0.4, -0.2) is 45.6 Å². The molecule has 0 unspecified atom stereocenters. The number of aliphatic hydroxyl groups is 1. The van der Waals surface area contributed by atoms with Gasteiger partial charge in [0.25, 0.3) is 17.1 Å². The number of aliphatic hydroxyl groups excluding tert-OH is 1. The molecule has 0 saturated carbocycles. The zero-order valence-corrected chi connectivity index (χ0v) is 16.5. The van der Waals surface area contributed by atoms with Gasteiger partial charge in [0.15, 0.2) is 0 Å². The van der Waals surface area contributed by atoms with Gasteiger partial charge in [-0.3, -0.25) is 30.3 Å². The van der Waals surface area contributed by atoms with E-state index in [9.17, 15) is 35.4 Å². The molecule has 2 rings (SSSR count). The number of halogens is 1. The van der Waals surface area contributed by atoms with Crippen LogP contribution >= 0.6 is 11.6 Å². The Morgan fingerprint density at radius 1 is 1.03 bits per heavy atom. The van der Waals surface area contributed by atoms with Crippen LogP contribution in [0.3, 0.4) is 0 Å². The predicted octanol–water partition coefficient (Wildman–Crippen LogP) is 3.36. The maximum atomic E-state index is 11.4. The van der Waals surface area contributed by atoms with E-state index in [-0.39, 0.29) is 36.0 Å². The van der Waals surface area contributed by atoms with E-state index in [4.69, 9.17) is 11.6 Å². The summed E-state index contributed by atoms with van der Waals surface area (Å²) in [6.07, 6.45) is -0.831. The summed E-state index contributed by atoms with van der Waals surface area (Å²) in [5, 5.41) is 46.0. The van der Waals surface area contributed by atoms with Gasteiger partial charge in [0.2, 0.25) is 0 Å². The van der Waals surface area contributed by atoms with E-state index in [0.717, 1.165) is 12.1 Å². The Kier molecular flexibility index (Phi) is 7.44. The molecule has 1 atom stereocenters. The number of hydrogen-bond donors (Lipinski definition) is 2. The lowest BCUT2D eigenvalue weighted by molar-refractivity contribution is -0.393. The molecule has 2 N–H and O–H groups in total. The monoisotopic (exact) mass is 439 g/mol. The normalized spacial score (nSPS) is 11.6. The second-order valence-electron chi connectivity index (χ2n) is 6.33. The van der Waals surface area contributed by atoms with Crippen LogP contribution in [0, 0.1) is 30.3 Å². The van der Waals surface area contributed by atoms with Crippen molar-refractivity contribution in [2.75, 3.05) is 29.9 Å². The van der Waals surface area contributed by atoms with Crippen LogP contribution in [0.25, 0.3) is 0 Å². The highest BCUT2D eigenvalue weighted by Crippen LogP contribution is 2.32. The number of benzene rings is 2. The van der Waals surface area contributed by atoms with Crippen LogP contribution < -0.4 is 10.2 Å². The molecule has 0 aromatic heterocycles. The minimum atomic E-state index is -0.831. The molecule has 0 aliphatic carbocycles. The van der Waals surface area contributed by atoms with Gasteiger partial charge in [-0.15, -0.1) is 0 Å². The topological polar surface area (TPSA) is 165 Å². The maximum absolute atomic E-state index is 11.4. The Morgan fingerprint density at radius 3 is 2.17 bits per heavy atom. The molecule has 0 heterocycles. The molecule has 0 amide bonds. The molecule has 160 valence electrons. The molecule has 13 heteroatoms. The van der Waals surface area contributed by atoms with E-state index in [1.54, 1.807) is 0 Å². The van der Waals surface area contributed by atoms with E-state index in [2.05, 4.69) is 5.32 Å². The maximum Gasteiger partial charge on any atom is 0.299 e. The third-order valence-corrected chi connectivity index (χ3v) is 4.37. The highest BCUT2D eigenvalue weighted by Gasteiger charge is 2.24. The number of nitrogens with zero attached hydrogens (tertiary/aromatic N) is 4. The highest BCUT2D eigenvalue weighted by atomic mass is 35.5. The van der Waals surface area contributed by atoms with Crippen molar-refractivity contribution in [3.8, 4) is 0 Å². The molecular formula is C17H18ClN5O7. The van der Waals surface area contributed by atoms with Gasteiger partial charge in [-0.25, -0.2) is 0 Å². The first kappa shape index (κ1) is 22.8. The molecule has 0 bridgehead atoms. The van der Waals surface area contributed by atoms with Crippen molar-refractivity contribution in [1.82, 2.24) is 0 Å². The third-order valence-electron chi connectivity index (χ3n) is 4.05. The largest absolute Gasteiger partial charge is 0.392 e.